The Morgan fingerprint density at radius 2 is 1.37 bits per heavy atom. The third kappa shape index (κ3) is 6.32. The van der Waals surface area contributed by atoms with Crippen molar-refractivity contribution in [2.75, 3.05) is 26.2 Å². The Morgan fingerprint density at radius 1 is 0.842 bits per heavy atom. The summed E-state index contributed by atoms with van der Waals surface area (Å²) in [6, 6.07) is 21.0. The number of benzene rings is 2. The number of rotatable bonds is 5. The Kier molecular flexibility index (Phi) is 8.70. The topological polar surface area (TPSA) is 42.0 Å². The van der Waals surface area contributed by atoms with Gasteiger partial charge in [-0.05, 0) is 49.0 Å². The molecule has 0 spiro atoms. The van der Waals surface area contributed by atoms with Crippen LogP contribution in [0.5, 0.6) is 0 Å². The van der Waals surface area contributed by atoms with Gasteiger partial charge in [0.05, 0.1) is 0 Å². The van der Waals surface area contributed by atoms with E-state index in [-0.39, 0.29) is 23.3 Å². The Hall–Kier alpha value is -2.22. The van der Waals surface area contributed by atoms with Crippen LogP contribution in [-0.4, -0.2) is 74.3 Å². The molecule has 1 amide bonds. The maximum Gasteiger partial charge on any atom is 0.410 e. The molecule has 1 saturated carbocycles. The maximum atomic E-state index is 15.8. The fraction of sp³-hybridized carbons (Fsp3) is 0.581. The largest absolute Gasteiger partial charge is 0.444 e. The normalized spacial score (nSPS) is 23.8. The number of nitrogens with zero attached hydrogens (tertiary/aromatic N) is 2. The third-order valence-electron chi connectivity index (χ3n) is 7.89. The van der Waals surface area contributed by atoms with Gasteiger partial charge in [0.25, 0.3) is 8.32 Å². The quantitative estimate of drug-likeness (QED) is 0.478. The lowest BCUT2D eigenvalue weighted by Gasteiger charge is -2.48. The van der Waals surface area contributed by atoms with Crippen LogP contribution in [0.1, 0.15) is 60.8 Å². The van der Waals surface area contributed by atoms with Crippen molar-refractivity contribution in [2.24, 2.45) is 0 Å². The molecule has 3 atom stereocenters. The molecule has 1 aliphatic heterocycles. The maximum absolute atomic E-state index is 15.8. The summed E-state index contributed by atoms with van der Waals surface area (Å²) in [6.45, 7) is 14.9. The van der Waals surface area contributed by atoms with E-state index in [4.69, 9.17) is 9.16 Å². The van der Waals surface area contributed by atoms with Gasteiger partial charge in [-0.25, -0.2) is 9.18 Å². The predicted octanol–water partition coefficient (Wildman–Crippen LogP) is 5.37. The molecular formula is C31H45FN2O3Si. The highest BCUT2D eigenvalue weighted by molar-refractivity contribution is 6.99. The minimum Gasteiger partial charge on any atom is -0.444 e. The lowest BCUT2D eigenvalue weighted by molar-refractivity contribution is -0.0133. The van der Waals surface area contributed by atoms with Crippen molar-refractivity contribution in [3.8, 4) is 0 Å². The SMILES string of the molecule is CC(C)(C)OC(=O)N1CCN(C2CCC(O[Si](c3ccccc3)(c3ccccc3)C(C)(C)C)CC2F)CC1. The first-order chi connectivity index (χ1) is 17.9. The molecule has 0 radical (unpaired) electrons. The van der Waals surface area contributed by atoms with Crippen molar-refractivity contribution in [1.29, 1.82) is 0 Å². The molecule has 0 bridgehead atoms. The van der Waals surface area contributed by atoms with Crippen LogP contribution in [0.2, 0.25) is 5.04 Å². The highest BCUT2D eigenvalue weighted by Gasteiger charge is 2.52. The highest BCUT2D eigenvalue weighted by atomic mass is 28.4. The van der Waals surface area contributed by atoms with Crippen LogP contribution in [0.3, 0.4) is 0 Å². The number of carbonyl (C=O) groups is 1. The lowest BCUT2D eigenvalue weighted by Crippen LogP contribution is -2.68. The number of amides is 1. The van der Waals surface area contributed by atoms with E-state index in [1.54, 1.807) is 4.90 Å². The van der Waals surface area contributed by atoms with Gasteiger partial charge in [-0.2, -0.15) is 0 Å². The number of piperazine rings is 1. The molecule has 0 N–H and O–H groups in total. The fourth-order valence-corrected chi connectivity index (χ4v) is 10.8. The van der Waals surface area contributed by atoms with E-state index in [0.29, 0.717) is 32.6 Å². The molecule has 2 fully saturated rings. The Morgan fingerprint density at radius 3 is 1.82 bits per heavy atom. The average molecular weight is 541 g/mol. The van der Waals surface area contributed by atoms with Gasteiger partial charge in [0, 0.05) is 44.7 Å². The van der Waals surface area contributed by atoms with Gasteiger partial charge in [-0.1, -0.05) is 81.4 Å². The number of alkyl halides is 1. The second-order valence-electron chi connectivity index (χ2n) is 12.8. The van der Waals surface area contributed by atoms with Gasteiger partial charge < -0.3 is 14.1 Å². The van der Waals surface area contributed by atoms with Crippen LogP contribution in [-0.2, 0) is 9.16 Å². The minimum atomic E-state index is -2.71. The molecule has 1 saturated heterocycles. The molecule has 7 heteroatoms. The summed E-state index contributed by atoms with van der Waals surface area (Å²) in [5.41, 5.74) is -0.512. The number of hydrogen-bond acceptors (Lipinski definition) is 4. The summed E-state index contributed by atoms with van der Waals surface area (Å²) in [5, 5.41) is 2.33. The van der Waals surface area contributed by atoms with Crippen molar-refractivity contribution in [2.45, 2.75) is 89.8 Å². The zero-order valence-corrected chi connectivity index (χ0v) is 25.0. The van der Waals surface area contributed by atoms with Crippen LogP contribution in [0.4, 0.5) is 9.18 Å². The fourth-order valence-electron chi connectivity index (χ4n) is 6.09. The van der Waals surface area contributed by atoms with Crippen LogP contribution >= 0.6 is 0 Å². The number of ether oxygens (including phenoxy) is 1. The van der Waals surface area contributed by atoms with Crippen LogP contribution < -0.4 is 10.4 Å². The molecule has 1 aliphatic carbocycles. The first-order valence-corrected chi connectivity index (χ1v) is 16.0. The van der Waals surface area contributed by atoms with E-state index >= 15 is 4.39 Å². The lowest BCUT2D eigenvalue weighted by atomic mass is 9.90. The van der Waals surface area contributed by atoms with E-state index < -0.39 is 20.1 Å². The minimum absolute atomic E-state index is 0.129. The second-order valence-corrected chi connectivity index (χ2v) is 17.1. The van der Waals surface area contributed by atoms with Crippen molar-refractivity contribution in [3.63, 3.8) is 0 Å². The first kappa shape index (κ1) is 28.8. The summed E-state index contributed by atoms with van der Waals surface area (Å²) in [4.78, 5) is 16.4. The Bertz CT molecular complexity index is 1010. The number of hydrogen-bond donors (Lipinski definition) is 0. The molecule has 4 rings (SSSR count). The molecule has 5 nitrogen and oxygen atoms in total. The van der Waals surface area contributed by atoms with Gasteiger partial charge in [-0.15, -0.1) is 0 Å². The van der Waals surface area contributed by atoms with Crippen molar-refractivity contribution in [3.05, 3.63) is 60.7 Å². The number of halogens is 1. The van der Waals surface area contributed by atoms with Crippen molar-refractivity contribution in [1.82, 2.24) is 9.80 Å². The monoisotopic (exact) mass is 540 g/mol. The van der Waals surface area contributed by atoms with E-state index in [1.165, 1.54) is 10.4 Å². The predicted molar refractivity (Wildman–Crippen MR) is 154 cm³/mol. The summed E-state index contributed by atoms with van der Waals surface area (Å²) < 4.78 is 28.6. The van der Waals surface area contributed by atoms with Gasteiger partial charge in [-0.3, -0.25) is 4.90 Å². The third-order valence-corrected chi connectivity index (χ3v) is 13.0. The molecule has 1 heterocycles. The van der Waals surface area contributed by atoms with E-state index in [1.807, 2.05) is 32.9 Å². The summed E-state index contributed by atoms with van der Waals surface area (Å²) >= 11 is 0. The molecule has 2 aliphatic rings. The Balaban J connectivity index is 1.46. The molecule has 208 valence electrons. The zero-order valence-electron chi connectivity index (χ0n) is 24.0. The summed E-state index contributed by atoms with van der Waals surface area (Å²) in [5.74, 6) is 0. The highest BCUT2D eigenvalue weighted by Crippen LogP contribution is 2.40. The molecule has 3 unspecified atom stereocenters. The summed E-state index contributed by atoms with van der Waals surface area (Å²) in [7, 11) is -2.71. The molecule has 2 aromatic rings. The number of carbonyl (C=O) groups excluding carboxylic acids is 1. The second kappa shape index (κ2) is 11.5. The van der Waals surface area contributed by atoms with Gasteiger partial charge >= 0.3 is 6.09 Å². The van der Waals surface area contributed by atoms with Gasteiger partial charge in [0.15, 0.2) is 0 Å². The Labute approximate surface area is 229 Å². The van der Waals surface area contributed by atoms with E-state index in [0.717, 1.165) is 12.8 Å². The van der Waals surface area contributed by atoms with Crippen LogP contribution in [0, 0.1) is 0 Å². The van der Waals surface area contributed by atoms with Crippen LogP contribution in [0.15, 0.2) is 60.7 Å². The van der Waals surface area contributed by atoms with Gasteiger partial charge in [0.1, 0.15) is 11.8 Å². The summed E-state index contributed by atoms with van der Waals surface area (Å²) in [6.07, 6.45) is 0.631. The molecule has 38 heavy (non-hydrogen) atoms. The van der Waals surface area contributed by atoms with E-state index in [2.05, 4.69) is 74.2 Å². The van der Waals surface area contributed by atoms with Crippen molar-refractivity contribution < 1.29 is 18.3 Å². The standard InChI is InChI=1S/C31H45FN2O3Si/c1-30(2,3)36-29(35)34-21-19-33(20-22-34)28-18-17-24(23-27(28)32)37-38(31(4,5)6,25-13-9-7-10-14-25)26-15-11-8-12-16-26/h7-16,24,27-28H,17-23H2,1-6H3. The molecule has 2 aromatic carbocycles. The molecular weight excluding hydrogens is 495 g/mol. The zero-order chi connectivity index (χ0) is 27.6. The van der Waals surface area contributed by atoms with E-state index in [9.17, 15) is 4.79 Å². The first-order valence-electron chi connectivity index (χ1n) is 14.1. The average Bonchev–Trinajstić information content (AvgIpc) is 2.87. The molecule has 0 aromatic heterocycles. The van der Waals surface area contributed by atoms with Crippen LogP contribution in [0.25, 0.3) is 0 Å². The van der Waals surface area contributed by atoms with Crippen molar-refractivity contribution >= 4 is 24.8 Å². The smallest absolute Gasteiger partial charge is 0.410 e. The van der Waals surface area contributed by atoms with Gasteiger partial charge in [0.2, 0.25) is 0 Å².